The first-order chi connectivity index (χ1) is 6.76. The van der Waals surface area contributed by atoms with Crippen molar-refractivity contribution in [2.24, 2.45) is 0 Å². The first-order valence-electron chi connectivity index (χ1n) is 4.90. The molecule has 76 valence electrons. The molecule has 1 saturated carbocycles. The average Bonchev–Trinajstić information content (AvgIpc) is 3.03. The van der Waals surface area contributed by atoms with Crippen molar-refractivity contribution in [2.75, 3.05) is 0 Å². The summed E-state index contributed by atoms with van der Waals surface area (Å²) in [7, 11) is 0. The second kappa shape index (κ2) is 4.22. The van der Waals surface area contributed by atoms with Crippen LogP contribution in [0.5, 0.6) is 0 Å². The number of hydrogen-bond donors (Lipinski definition) is 1. The van der Waals surface area contributed by atoms with Crippen molar-refractivity contribution in [1.29, 1.82) is 0 Å². The van der Waals surface area contributed by atoms with Gasteiger partial charge in [-0.2, -0.15) is 0 Å². The fourth-order valence-corrected chi connectivity index (χ4v) is 1.40. The Morgan fingerprint density at radius 2 is 2.14 bits per heavy atom. The molecule has 1 heterocycles. The normalized spacial score (nSPS) is 16.4. The maximum Gasteiger partial charge on any atom is 0.314 e. The van der Waals surface area contributed by atoms with Crippen molar-refractivity contribution in [1.82, 2.24) is 4.98 Å². The van der Waals surface area contributed by atoms with Gasteiger partial charge in [-0.15, -0.1) is 0 Å². The van der Waals surface area contributed by atoms with Gasteiger partial charge in [0.1, 0.15) is 0 Å². The zero-order valence-corrected chi connectivity index (χ0v) is 8.53. The monoisotopic (exact) mass is 193 g/mol. The van der Waals surface area contributed by atoms with Gasteiger partial charge in [0.05, 0.1) is 5.41 Å². The molecule has 0 aromatic carbocycles. The Morgan fingerprint density at radius 1 is 1.50 bits per heavy atom. The van der Waals surface area contributed by atoms with Crippen molar-refractivity contribution in [3.63, 3.8) is 0 Å². The van der Waals surface area contributed by atoms with E-state index in [1.165, 1.54) is 0 Å². The van der Waals surface area contributed by atoms with Crippen LogP contribution < -0.4 is 0 Å². The van der Waals surface area contributed by atoms with E-state index in [1.807, 2.05) is 19.9 Å². The van der Waals surface area contributed by atoms with Crippen molar-refractivity contribution in [2.45, 2.75) is 32.1 Å². The van der Waals surface area contributed by atoms with Crippen LogP contribution in [0.3, 0.4) is 0 Å². The molecule has 0 unspecified atom stereocenters. The Bertz CT molecular complexity index is 304. The highest BCUT2D eigenvalue weighted by molar-refractivity contribution is 5.84. The van der Waals surface area contributed by atoms with Crippen LogP contribution in [0, 0.1) is 0 Å². The molecule has 0 spiro atoms. The second-order valence-electron chi connectivity index (χ2n) is 3.13. The molecule has 0 radical (unpaired) electrons. The largest absolute Gasteiger partial charge is 0.481 e. The van der Waals surface area contributed by atoms with Crippen LogP contribution in [0.1, 0.15) is 32.3 Å². The van der Waals surface area contributed by atoms with E-state index in [-0.39, 0.29) is 0 Å². The molecule has 1 aromatic rings. The zero-order chi connectivity index (χ0) is 10.6. The van der Waals surface area contributed by atoms with Crippen LogP contribution in [0.15, 0.2) is 24.5 Å². The molecule has 0 amide bonds. The predicted octanol–water partition coefficient (Wildman–Crippen LogP) is 2.22. The Kier molecular flexibility index (Phi) is 3.23. The number of aliphatic carboxylic acids is 1. The molecule has 14 heavy (non-hydrogen) atoms. The summed E-state index contributed by atoms with van der Waals surface area (Å²) in [5.74, 6) is -0.726. The first-order valence-corrected chi connectivity index (χ1v) is 4.90. The Labute approximate surface area is 83.8 Å². The number of hydrogen-bond acceptors (Lipinski definition) is 2. The van der Waals surface area contributed by atoms with Gasteiger partial charge in [0.25, 0.3) is 0 Å². The summed E-state index contributed by atoms with van der Waals surface area (Å²) in [6.07, 6.45) is 4.78. The lowest BCUT2D eigenvalue weighted by molar-refractivity contribution is -0.140. The van der Waals surface area contributed by atoms with Crippen molar-refractivity contribution in [3.05, 3.63) is 30.1 Å². The summed E-state index contributed by atoms with van der Waals surface area (Å²) in [6, 6.07) is 3.60. The quantitative estimate of drug-likeness (QED) is 0.783. The third-order valence-electron chi connectivity index (χ3n) is 2.37. The summed E-state index contributed by atoms with van der Waals surface area (Å²) in [5, 5.41) is 8.93. The third-order valence-corrected chi connectivity index (χ3v) is 2.37. The van der Waals surface area contributed by atoms with E-state index < -0.39 is 11.4 Å². The predicted molar refractivity (Wildman–Crippen MR) is 54.1 cm³/mol. The van der Waals surface area contributed by atoms with Gasteiger partial charge in [0.2, 0.25) is 0 Å². The minimum atomic E-state index is -0.726. The molecular formula is C11H15NO2. The number of carboxylic acids is 1. The van der Waals surface area contributed by atoms with Crippen molar-refractivity contribution < 1.29 is 9.90 Å². The average molecular weight is 193 g/mol. The van der Waals surface area contributed by atoms with Crippen molar-refractivity contribution in [3.8, 4) is 0 Å². The van der Waals surface area contributed by atoms with Gasteiger partial charge in [0.15, 0.2) is 0 Å². The Morgan fingerprint density at radius 3 is 2.50 bits per heavy atom. The second-order valence-corrected chi connectivity index (χ2v) is 3.13. The number of pyridine rings is 1. The first kappa shape index (κ1) is 10.7. The van der Waals surface area contributed by atoms with Crippen LogP contribution >= 0.6 is 0 Å². The van der Waals surface area contributed by atoms with Gasteiger partial charge in [0, 0.05) is 12.4 Å². The topological polar surface area (TPSA) is 50.2 Å². The Balaban J connectivity index is 0.000000461. The molecular weight excluding hydrogens is 178 g/mol. The van der Waals surface area contributed by atoms with E-state index >= 15 is 0 Å². The molecule has 3 heteroatoms. The van der Waals surface area contributed by atoms with E-state index in [1.54, 1.807) is 18.5 Å². The molecule has 0 saturated heterocycles. The van der Waals surface area contributed by atoms with Crippen LogP contribution in [0.25, 0.3) is 0 Å². The van der Waals surface area contributed by atoms with Gasteiger partial charge < -0.3 is 5.11 Å². The zero-order valence-electron chi connectivity index (χ0n) is 8.53. The number of carboxylic acid groups (broad SMARTS) is 1. The molecule has 1 aliphatic carbocycles. The van der Waals surface area contributed by atoms with Gasteiger partial charge in [-0.3, -0.25) is 9.78 Å². The fraction of sp³-hybridized carbons (Fsp3) is 0.455. The summed E-state index contributed by atoms with van der Waals surface area (Å²) in [6.45, 7) is 4.00. The molecule has 0 aliphatic heterocycles. The van der Waals surface area contributed by atoms with Gasteiger partial charge >= 0.3 is 5.97 Å². The van der Waals surface area contributed by atoms with Crippen LogP contribution in [0.2, 0.25) is 0 Å². The lowest BCUT2D eigenvalue weighted by Crippen LogP contribution is -2.19. The van der Waals surface area contributed by atoms with Crippen LogP contribution in [-0.2, 0) is 10.2 Å². The molecule has 1 fully saturated rings. The molecule has 0 atom stereocenters. The Hall–Kier alpha value is -1.38. The van der Waals surface area contributed by atoms with E-state index in [4.69, 9.17) is 5.11 Å². The molecule has 0 bridgehead atoms. The van der Waals surface area contributed by atoms with E-state index in [2.05, 4.69) is 4.98 Å². The molecule has 1 N–H and O–H groups in total. The van der Waals surface area contributed by atoms with E-state index in [0.29, 0.717) is 0 Å². The van der Waals surface area contributed by atoms with Crippen LogP contribution in [-0.4, -0.2) is 16.1 Å². The standard InChI is InChI=1S/C9H9NO2.C2H6/c11-8(12)9(3-4-9)7-2-1-5-10-6-7;1-2/h1-2,5-6H,3-4H2,(H,11,12);1-2H3. The molecule has 1 aromatic heterocycles. The minimum absolute atomic E-state index is 0.603. The molecule has 3 nitrogen and oxygen atoms in total. The highest BCUT2D eigenvalue weighted by Gasteiger charge is 2.51. The maximum absolute atomic E-state index is 10.9. The number of nitrogens with zero attached hydrogens (tertiary/aromatic N) is 1. The molecule has 1 aliphatic rings. The summed E-state index contributed by atoms with van der Waals surface area (Å²) in [4.78, 5) is 14.8. The van der Waals surface area contributed by atoms with Crippen molar-refractivity contribution >= 4 is 5.97 Å². The SMILES string of the molecule is CC.O=C(O)C1(c2cccnc2)CC1. The number of rotatable bonds is 2. The van der Waals surface area contributed by atoms with Gasteiger partial charge in [-0.25, -0.2) is 0 Å². The summed E-state index contributed by atoms with van der Waals surface area (Å²) < 4.78 is 0. The molecule has 2 rings (SSSR count). The minimum Gasteiger partial charge on any atom is -0.481 e. The summed E-state index contributed by atoms with van der Waals surface area (Å²) in [5.41, 5.74) is 0.228. The fourth-order valence-electron chi connectivity index (χ4n) is 1.40. The number of carbonyl (C=O) groups is 1. The summed E-state index contributed by atoms with van der Waals surface area (Å²) >= 11 is 0. The third kappa shape index (κ3) is 1.76. The maximum atomic E-state index is 10.9. The smallest absolute Gasteiger partial charge is 0.314 e. The number of aromatic nitrogens is 1. The van der Waals surface area contributed by atoms with Crippen LogP contribution in [0.4, 0.5) is 0 Å². The highest BCUT2D eigenvalue weighted by atomic mass is 16.4. The van der Waals surface area contributed by atoms with E-state index in [9.17, 15) is 4.79 Å². The lowest BCUT2D eigenvalue weighted by Gasteiger charge is -2.07. The highest BCUT2D eigenvalue weighted by Crippen LogP contribution is 2.47. The van der Waals surface area contributed by atoms with Gasteiger partial charge in [-0.1, -0.05) is 19.9 Å². The lowest BCUT2D eigenvalue weighted by atomic mass is 9.98. The van der Waals surface area contributed by atoms with Gasteiger partial charge in [-0.05, 0) is 24.5 Å². The van der Waals surface area contributed by atoms with E-state index in [0.717, 1.165) is 18.4 Å².